The maximum atomic E-state index is 12.8. The Bertz CT molecular complexity index is 790. The van der Waals surface area contributed by atoms with Crippen molar-refractivity contribution in [1.29, 1.82) is 0 Å². The smallest absolute Gasteiger partial charge is 0.306 e. The molecule has 5 heteroatoms. The van der Waals surface area contributed by atoms with Crippen LogP contribution in [0.1, 0.15) is 213 Å². The highest BCUT2D eigenvalue weighted by Gasteiger charge is 2.25. The Morgan fingerprint density at radius 1 is 0.551 bits per heavy atom. The van der Waals surface area contributed by atoms with Gasteiger partial charge in [0.25, 0.3) is 0 Å². The van der Waals surface area contributed by atoms with Gasteiger partial charge in [-0.15, -0.1) is 0 Å². The number of quaternary nitrogens is 1. The van der Waals surface area contributed by atoms with E-state index in [2.05, 4.69) is 52.2 Å². The van der Waals surface area contributed by atoms with Crippen LogP contribution in [0.15, 0.2) is 24.3 Å². The molecule has 0 radical (unpaired) electrons. The second-order valence-corrected chi connectivity index (χ2v) is 15.5. The molecule has 0 aliphatic rings. The number of nitrogens with zero attached hydrogens (tertiary/aromatic N) is 1. The number of carbonyl (C=O) groups excluding carboxylic acids is 1. The number of esters is 1. The predicted molar refractivity (Wildman–Crippen MR) is 212 cm³/mol. The average Bonchev–Trinajstić information content (AvgIpc) is 3.05. The van der Waals surface area contributed by atoms with Crippen LogP contribution in [0.5, 0.6) is 0 Å². The second kappa shape index (κ2) is 36.2. The summed E-state index contributed by atoms with van der Waals surface area (Å²) in [5.41, 5.74) is 0. The Hall–Kier alpha value is -1.62. The number of carboxylic acid groups (broad SMARTS) is 1. The minimum absolute atomic E-state index is 0.0577. The van der Waals surface area contributed by atoms with Crippen LogP contribution in [-0.4, -0.2) is 54.8 Å². The Morgan fingerprint density at radius 3 is 1.49 bits per heavy atom. The summed E-state index contributed by atoms with van der Waals surface area (Å²) in [4.78, 5) is 23.9. The lowest BCUT2D eigenvalue weighted by atomic mass is 10.0. The largest absolute Gasteiger partial charge is 0.481 e. The van der Waals surface area contributed by atoms with Gasteiger partial charge >= 0.3 is 11.9 Å². The van der Waals surface area contributed by atoms with E-state index in [-0.39, 0.29) is 18.5 Å². The van der Waals surface area contributed by atoms with Crippen LogP contribution in [0.3, 0.4) is 0 Å². The number of hydrogen-bond acceptors (Lipinski definition) is 3. The first-order valence-corrected chi connectivity index (χ1v) is 21.3. The molecule has 0 aliphatic heterocycles. The van der Waals surface area contributed by atoms with E-state index in [0.717, 1.165) is 51.6 Å². The highest BCUT2D eigenvalue weighted by Crippen LogP contribution is 2.18. The molecule has 0 bridgehead atoms. The molecule has 0 fully saturated rings. The molecular weight excluding hydrogens is 606 g/mol. The third kappa shape index (κ3) is 37.5. The number of likely N-dealkylation sites (N-methyl/N-ethyl adjacent to an activating group) is 1. The summed E-state index contributed by atoms with van der Waals surface area (Å²) in [6.45, 7) is 6.07. The summed E-state index contributed by atoms with van der Waals surface area (Å²) in [5.74, 6) is -0.800. The van der Waals surface area contributed by atoms with Crippen molar-refractivity contribution >= 4 is 11.9 Å². The van der Waals surface area contributed by atoms with Crippen molar-refractivity contribution in [2.75, 3.05) is 27.2 Å². The number of unbranched alkanes of at least 4 members (excludes halogenated alkanes) is 23. The molecule has 0 heterocycles. The van der Waals surface area contributed by atoms with Crippen LogP contribution in [0.4, 0.5) is 0 Å². The molecule has 49 heavy (non-hydrogen) atoms. The van der Waals surface area contributed by atoms with Gasteiger partial charge in [-0.1, -0.05) is 167 Å². The molecule has 5 nitrogen and oxygen atoms in total. The van der Waals surface area contributed by atoms with Crippen LogP contribution in [-0.2, 0) is 14.3 Å². The molecule has 0 rings (SSSR count). The molecule has 0 aromatic carbocycles. The Balaban J connectivity index is 4.18. The number of ether oxygens (including phenoxy) is 1. The minimum atomic E-state index is -0.742. The quantitative estimate of drug-likeness (QED) is 0.0303. The Labute approximate surface area is 305 Å². The summed E-state index contributed by atoms with van der Waals surface area (Å²) >= 11 is 0. The molecule has 0 spiro atoms. The van der Waals surface area contributed by atoms with E-state index >= 15 is 0 Å². The third-order valence-corrected chi connectivity index (χ3v) is 9.86. The van der Waals surface area contributed by atoms with Crippen LogP contribution in [0.25, 0.3) is 0 Å². The van der Waals surface area contributed by atoms with Gasteiger partial charge in [-0.2, -0.15) is 0 Å². The molecule has 288 valence electrons. The molecular formula is C44H84NO4+. The molecule has 0 saturated heterocycles. The number of allylic oxidation sites excluding steroid dienone is 4. The Morgan fingerprint density at radius 2 is 0.980 bits per heavy atom. The summed E-state index contributed by atoms with van der Waals surface area (Å²) in [6.07, 6.45) is 45.9. The van der Waals surface area contributed by atoms with Gasteiger partial charge in [-0.05, 0) is 51.4 Å². The monoisotopic (exact) mass is 691 g/mol. The molecule has 1 N–H and O–H groups in total. The van der Waals surface area contributed by atoms with Crippen molar-refractivity contribution in [3.8, 4) is 0 Å². The minimum Gasteiger partial charge on any atom is -0.481 e. The van der Waals surface area contributed by atoms with Crippen molar-refractivity contribution in [3.05, 3.63) is 24.3 Å². The molecule has 1 atom stereocenters. The summed E-state index contributed by atoms with van der Waals surface area (Å²) < 4.78 is 6.76. The zero-order valence-corrected chi connectivity index (χ0v) is 33.3. The van der Waals surface area contributed by atoms with Gasteiger partial charge in [0.15, 0.2) is 6.10 Å². The van der Waals surface area contributed by atoms with Gasteiger partial charge < -0.3 is 14.3 Å². The first kappa shape index (κ1) is 47.4. The first-order valence-electron chi connectivity index (χ1n) is 21.3. The summed E-state index contributed by atoms with van der Waals surface area (Å²) in [7, 11) is 4.27. The fourth-order valence-corrected chi connectivity index (χ4v) is 6.73. The van der Waals surface area contributed by atoms with E-state index in [1.165, 1.54) is 141 Å². The fraction of sp³-hybridized carbons (Fsp3) is 0.864. The standard InChI is InChI=1S/C44H83NO4/c1-5-7-9-11-13-15-17-19-21-23-24-26-28-30-32-34-37-42(41-45(3,4)40-36-38-43(46)47)49-44(48)39-35-33-31-29-27-25-22-20-18-16-14-12-10-8-6-2/h14,16,20,22,42H,5-13,15,17-19,21,23-41H2,1-4H3/p+1/b16-14-,22-20-. The van der Waals surface area contributed by atoms with Crippen LogP contribution < -0.4 is 0 Å². The number of hydrogen-bond donors (Lipinski definition) is 1. The van der Waals surface area contributed by atoms with Gasteiger partial charge in [0.2, 0.25) is 0 Å². The fourth-order valence-electron chi connectivity index (χ4n) is 6.73. The summed E-state index contributed by atoms with van der Waals surface area (Å²) in [5, 5.41) is 9.07. The number of carboxylic acids is 1. The highest BCUT2D eigenvalue weighted by atomic mass is 16.5. The zero-order chi connectivity index (χ0) is 36.1. The molecule has 0 amide bonds. The lowest BCUT2D eigenvalue weighted by Crippen LogP contribution is -2.47. The lowest BCUT2D eigenvalue weighted by Gasteiger charge is -2.33. The highest BCUT2D eigenvalue weighted by molar-refractivity contribution is 5.69. The molecule has 0 saturated carbocycles. The third-order valence-electron chi connectivity index (χ3n) is 9.86. The maximum Gasteiger partial charge on any atom is 0.306 e. The normalized spacial score (nSPS) is 12.7. The van der Waals surface area contributed by atoms with Gasteiger partial charge in [0.1, 0.15) is 6.54 Å². The van der Waals surface area contributed by atoms with Crippen LogP contribution in [0, 0.1) is 0 Å². The number of rotatable bonds is 38. The van der Waals surface area contributed by atoms with E-state index in [1.807, 2.05) is 0 Å². The molecule has 1 unspecified atom stereocenters. The molecule has 0 aromatic heterocycles. The van der Waals surface area contributed by atoms with Crippen molar-refractivity contribution in [2.45, 2.75) is 219 Å². The first-order chi connectivity index (χ1) is 23.8. The molecule has 0 aliphatic carbocycles. The number of aliphatic carboxylic acids is 1. The SMILES string of the molecule is CCCCC/C=C\C/C=C\CCCCCCCC(=O)OC(CCCCCCCCCCCCCCCCCC)C[N+](C)(C)CCCC(=O)O. The van der Waals surface area contributed by atoms with E-state index in [4.69, 9.17) is 9.84 Å². The van der Waals surface area contributed by atoms with E-state index < -0.39 is 5.97 Å². The predicted octanol–water partition coefficient (Wildman–Crippen LogP) is 13.3. The second-order valence-electron chi connectivity index (χ2n) is 15.5. The lowest BCUT2D eigenvalue weighted by molar-refractivity contribution is -0.893. The Kier molecular flexibility index (Phi) is 35.0. The number of carbonyl (C=O) groups is 2. The van der Waals surface area contributed by atoms with Gasteiger partial charge in [-0.25, -0.2) is 0 Å². The van der Waals surface area contributed by atoms with Crippen LogP contribution in [0.2, 0.25) is 0 Å². The molecule has 0 aromatic rings. The van der Waals surface area contributed by atoms with Gasteiger partial charge in [0, 0.05) is 12.8 Å². The van der Waals surface area contributed by atoms with E-state index in [0.29, 0.717) is 17.3 Å². The van der Waals surface area contributed by atoms with Crippen molar-refractivity contribution in [3.63, 3.8) is 0 Å². The van der Waals surface area contributed by atoms with Gasteiger partial charge in [0.05, 0.1) is 27.1 Å². The van der Waals surface area contributed by atoms with Crippen LogP contribution >= 0.6 is 0 Å². The van der Waals surface area contributed by atoms with E-state index in [9.17, 15) is 9.59 Å². The van der Waals surface area contributed by atoms with E-state index in [1.54, 1.807) is 0 Å². The zero-order valence-electron chi connectivity index (χ0n) is 33.3. The van der Waals surface area contributed by atoms with Crippen molar-refractivity contribution in [2.24, 2.45) is 0 Å². The van der Waals surface area contributed by atoms with Crippen molar-refractivity contribution in [1.82, 2.24) is 0 Å². The maximum absolute atomic E-state index is 12.8. The van der Waals surface area contributed by atoms with Gasteiger partial charge in [-0.3, -0.25) is 9.59 Å². The average molecular weight is 691 g/mol. The van der Waals surface area contributed by atoms with Crippen molar-refractivity contribution < 1.29 is 23.9 Å². The summed E-state index contributed by atoms with van der Waals surface area (Å²) in [6, 6.07) is 0. The topological polar surface area (TPSA) is 63.6 Å².